The van der Waals surface area contributed by atoms with Crippen LogP contribution in [0.15, 0.2) is 24.3 Å². The number of Topliss-reactive ketones (excluding diaryl/α,β-unsaturated/α-hetero) is 1. The van der Waals surface area contributed by atoms with E-state index in [0.29, 0.717) is 19.1 Å². The highest BCUT2D eigenvalue weighted by Gasteiger charge is 2.40. The van der Waals surface area contributed by atoms with Gasteiger partial charge in [0.2, 0.25) is 0 Å². The number of hydrogen-bond acceptors (Lipinski definition) is 3. The Bertz CT molecular complexity index is 503. The standard InChI is InChI=1S/C17H22O3.C2H6/c1-3-17(19-10-11-20-17)9-8-14-12(2)13-6-4-5-7-15(13)16(14)18;1-2/h4-7,12,14H,3,8-11H2,1-2H3;1-2H3. The third-order valence-electron chi connectivity index (χ3n) is 4.85. The van der Waals surface area contributed by atoms with Crippen molar-refractivity contribution in [2.24, 2.45) is 5.92 Å². The summed E-state index contributed by atoms with van der Waals surface area (Å²) in [4.78, 5) is 12.5. The molecule has 1 aliphatic heterocycles. The molecular weight excluding hydrogens is 276 g/mol. The number of ether oxygens (including phenoxy) is 2. The van der Waals surface area contributed by atoms with Gasteiger partial charge in [-0.25, -0.2) is 0 Å². The molecule has 3 rings (SSSR count). The zero-order valence-electron chi connectivity index (χ0n) is 14.2. The van der Waals surface area contributed by atoms with Crippen molar-refractivity contribution in [3.8, 4) is 0 Å². The van der Waals surface area contributed by atoms with Crippen molar-refractivity contribution in [2.45, 2.75) is 58.7 Å². The largest absolute Gasteiger partial charge is 0.348 e. The molecule has 1 aromatic carbocycles. The van der Waals surface area contributed by atoms with Gasteiger partial charge < -0.3 is 9.47 Å². The molecule has 0 amide bonds. The van der Waals surface area contributed by atoms with Gasteiger partial charge in [0.25, 0.3) is 0 Å². The van der Waals surface area contributed by atoms with Crippen LogP contribution in [0, 0.1) is 5.92 Å². The van der Waals surface area contributed by atoms with Crippen molar-refractivity contribution in [3.63, 3.8) is 0 Å². The van der Waals surface area contributed by atoms with Crippen LogP contribution < -0.4 is 0 Å². The van der Waals surface area contributed by atoms with E-state index in [1.165, 1.54) is 5.56 Å². The summed E-state index contributed by atoms with van der Waals surface area (Å²) in [5.74, 6) is 0.212. The Labute approximate surface area is 134 Å². The average Bonchev–Trinajstić information content (AvgIpc) is 3.14. The monoisotopic (exact) mass is 304 g/mol. The SMILES string of the molecule is CC.CCC1(CCC2C(=O)c3ccccc3C2C)OCCO1. The third-order valence-corrected chi connectivity index (χ3v) is 4.85. The van der Waals surface area contributed by atoms with Crippen LogP contribution in [0.4, 0.5) is 0 Å². The second kappa shape index (κ2) is 7.38. The fraction of sp³-hybridized carbons (Fsp3) is 0.632. The lowest BCUT2D eigenvalue weighted by molar-refractivity contribution is -0.165. The van der Waals surface area contributed by atoms with E-state index >= 15 is 0 Å². The van der Waals surface area contributed by atoms with E-state index in [-0.39, 0.29) is 11.7 Å². The average molecular weight is 304 g/mol. The molecular formula is C19H28O3. The van der Waals surface area contributed by atoms with Crippen molar-refractivity contribution in [2.75, 3.05) is 13.2 Å². The molecule has 22 heavy (non-hydrogen) atoms. The Balaban J connectivity index is 0.000000847. The molecule has 0 saturated carbocycles. The zero-order valence-corrected chi connectivity index (χ0v) is 14.2. The van der Waals surface area contributed by atoms with Crippen LogP contribution in [-0.4, -0.2) is 24.8 Å². The first-order valence-corrected chi connectivity index (χ1v) is 8.58. The van der Waals surface area contributed by atoms with E-state index in [2.05, 4.69) is 19.9 Å². The second-order valence-electron chi connectivity index (χ2n) is 5.85. The molecule has 0 bridgehead atoms. The van der Waals surface area contributed by atoms with Crippen LogP contribution in [-0.2, 0) is 9.47 Å². The normalized spacial score (nSPS) is 25.5. The predicted octanol–water partition coefficient (Wildman–Crippen LogP) is 4.56. The molecule has 2 aliphatic rings. The molecule has 0 radical (unpaired) electrons. The fourth-order valence-corrected chi connectivity index (χ4v) is 3.54. The topological polar surface area (TPSA) is 35.5 Å². The smallest absolute Gasteiger partial charge is 0.168 e. The van der Waals surface area contributed by atoms with Gasteiger partial charge in [0, 0.05) is 17.9 Å². The first-order valence-electron chi connectivity index (χ1n) is 8.58. The molecule has 2 unspecified atom stereocenters. The molecule has 2 atom stereocenters. The summed E-state index contributed by atoms with van der Waals surface area (Å²) in [5.41, 5.74) is 2.10. The van der Waals surface area contributed by atoms with Crippen molar-refractivity contribution in [3.05, 3.63) is 35.4 Å². The highest BCUT2D eigenvalue weighted by atomic mass is 16.7. The first kappa shape index (κ1) is 17.2. The number of rotatable bonds is 4. The van der Waals surface area contributed by atoms with Crippen LogP contribution in [0.5, 0.6) is 0 Å². The van der Waals surface area contributed by atoms with Gasteiger partial charge in [0.05, 0.1) is 13.2 Å². The van der Waals surface area contributed by atoms with E-state index < -0.39 is 5.79 Å². The second-order valence-corrected chi connectivity index (χ2v) is 5.85. The third kappa shape index (κ3) is 3.11. The molecule has 1 fully saturated rings. The van der Waals surface area contributed by atoms with Crippen molar-refractivity contribution in [1.82, 2.24) is 0 Å². The molecule has 0 N–H and O–H groups in total. The Morgan fingerprint density at radius 3 is 2.41 bits per heavy atom. The molecule has 3 nitrogen and oxygen atoms in total. The summed E-state index contributed by atoms with van der Waals surface area (Å²) in [6.07, 6.45) is 2.48. The van der Waals surface area contributed by atoms with E-state index in [1.54, 1.807) is 0 Å². The summed E-state index contributed by atoms with van der Waals surface area (Å²) in [6, 6.07) is 7.99. The summed E-state index contributed by atoms with van der Waals surface area (Å²) in [7, 11) is 0. The van der Waals surface area contributed by atoms with Gasteiger partial charge in [-0.3, -0.25) is 4.79 Å². The summed E-state index contributed by atoms with van der Waals surface area (Å²) in [6.45, 7) is 9.58. The highest BCUT2D eigenvalue weighted by Crippen LogP contribution is 2.41. The summed E-state index contributed by atoms with van der Waals surface area (Å²) in [5, 5.41) is 0. The number of fused-ring (bicyclic) bond motifs is 1. The van der Waals surface area contributed by atoms with E-state index in [0.717, 1.165) is 24.8 Å². The lowest BCUT2D eigenvalue weighted by Crippen LogP contribution is -2.30. The number of hydrogen-bond donors (Lipinski definition) is 0. The first-order chi connectivity index (χ1) is 10.7. The minimum atomic E-state index is -0.450. The molecule has 1 aliphatic carbocycles. The minimum Gasteiger partial charge on any atom is -0.348 e. The zero-order chi connectivity index (χ0) is 16.2. The van der Waals surface area contributed by atoms with Crippen LogP contribution in [0.25, 0.3) is 0 Å². The lowest BCUT2D eigenvalue weighted by Gasteiger charge is -2.27. The maximum Gasteiger partial charge on any atom is 0.168 e. The van der Waals surface area contributed by atoms with Crippen LogP contribution in [0.3, 0.4) is 0 Å². The quantitative estimate of drug-likeness (QED) is 0.818. The predicted molar refractivity (Wildman–Crippen MR) is 88.2 cm³/mol. The molecule has 1 saturated heterocycles. The summed E-state index contributed by atoms with van der Waals surface area (Å²) >= 11 is 0. The van der Waals surface area contributed by atoms with Gasteiger partial charge in [-0.2, -0.15) is 0 Å². The van der Waals surface area contributed by atoms with Crippen LogP contribution >= 0.6 is 0 Å². The van der Waals surface area contributed by atoms with E-state index in [1.807, 2.05) is 32.0 Å². The summed E-state index contributed by atoms with van der Waals surface area (Å²) < 4.78 is 11.5. The molecule has 0 aromatic heterocycles. The van der Waals surface area contributed by atoms with Gasteiger partial charge in [0.15, 0.2) is 11.6 Å². The van der Waals surface area contributed by atoms with E-state index in [4.69, 9.17) is 9.47 Å². The van der Waals surface area contributed by atoms with Crippen LogP contribution in [0.1, 0.15) is 68.8 Å². The fourth-order valence-electron chi connectivity index (χ4n) is 3.54. The molecule has 1 heterocycles. The van der Waals surface area contributed by atoms with Crippen molar-refractivity contribution < 1.29 is 14.3 Å². The maximum atomic E-state index is 12.5. The molecule has 0 spiro atoms. The highest BCUT2D eigenvalue weighted by molar-refractivity contribution is 6.03. The molecule has 1 aromatic rings. The number of carbonyl (C=O) groups excluding carboxylic acids is 1. The minimum absolute atomic E-state index is 0.0728. The van der Waals surface area contributed by atoms with Crippen molar-refractivity contribution in [1.29, 1.82) is 0 Å². The Morgan fingerprint density at radius 2 is 1.82 bits per heavy atom. The van der Waals surface area contributed by atoms with Crippen molar-refractivity contribution >= 4 is 5.78 Å². The molecule has 122 valence electrons. The molecule has 3 heteroatoms. The number of benzene rings is 1. The van der Waals surface area contributed by atoms with Gasteiger partial charge in [-0.15, -0.1) is 0 Å². The van der Waals surface area contributed by atoms with E-state index in [9.17, 15) is 4.79 Å². The lowest BCUT2D eigenvalue weighted by atomic mass is 9.88. The number of ketones is 1. The van der Waals surface area contributed by atoms with Crippen LogP contribution in [0.2, 0.25) is 0 Å². The Morgan fingerprint density at radius 1 is 1.18 bits per heavy atom. The van der Waals surface area contributed by atoms with Gasteiger partial charge >= 0.3 is 0 Å². The Hall–Kier alpha value is -1.19. The number of carbonyl (C=O) groups is 1. The van der Waals surface area contributed by atoms with Gasteiger partial charge in [-0.05, 0) is 24.3 Å². The Kier molecular flexibility index (Phi) is 5.76. The van der Waals surface area contributed by atoms with Gasteiger partial charge in [0.1, 0.15) is 0 Å². The van der Waals surface area contributed by atoms with Gasteiger partial charge in [-0.1, -0.05) is 52.0 Å². The maximum absolute atomic E-state index is 12.5.